The summed E-state index contributed by atoms with van der Waals surface area (Å²) in [5, 5.41) is 12.1. The van der Waals surface area contributed by atoms with Gasteiger partial charge in [-0.05, 0) is 44.2 Å². The highest BCUT2D eigenvalue weighted by Gasteiger charge is 2.32. The number of aliphatic carboxylic acids is 1. The first kappa shape index (κ1) is 25.6. The highest BCUT2D eigenvalue weighted by molar-refractivity contribution is 5.85. The molecule has 1 aliphatic carbocycles. The first-order valence-corrected chi connectivity index (χ1v) is 12.6. The maximum atomic E-state index is 12.8. The summed E-state index contributed by atoms with van der Waals surface area (Å²) >= 11 is 0. The number of rotatable bonds is 9. The van der Waals surface area contributed by atoms with E-state index in [4.69, 9.17) is 14.1 Å². The van der Waals surface area contributed by atoms with Gasteiger partial charge >= 0.3 is 5.97 Å². The first-order valence-electron chi connectivity index (χ1n) is 12.6. The molecule has 1 heterocycles. The average molecular weight is 491 g/mol. The predicted molar refractivity (Wildman–Crippen MR) is 137 cm³/mol. The van der Waals surface area contributed by atoms with Crippen molar-refractivity contribution in [2.24, 2.45) is 11.8 Å². The van der Waals surface area contributed by atoms with Crippen LogP contribution in [0.3, 0.4) is 0 Å². The third-order valence-electron chi connectivity index (χ3n) is 6.71. The molecule has 1 aliphatic rings. The summed E-state index contributed by atoms with van der Waals surface area (Å²) in [4.78, 5) is 29.1. The van der Waals surface area contributed by atoms with Crippen LogP contribution in [0.5, 0.6) is 0 Å². The third kappa shape index (κ3) is 6.21. The second kappa shape index (κ2) is 11.5. The number of oxazole rings is 1. The Labute approximate surface area is 211 Å². The van der Waals surface area contributed by atoms with Crippen LogP contribution in [-0.2, 0) is 20.9 Å². The van der Waals surface area contributed by atoms with E-state index in [1.165, 1.54) is 0 Å². The summed E-state index contributed by atoms with van der Waals surface area (Å²) in [6, 6.07) is 17.0. The molecule has 36 heavy (non-hydrogen) atoms. The molecule has 0 spiro atoms. The van der Waals surface area contributed by atoms with E-state index in [0.717, 1.165) is 36.0 Å². The Balaban J connectivity index is 1.46. The minimum absolute atomic E-state index is 0.111. The van der Waals surface area contributed by atoms with Gasteiger partial charge in [0.15, 0.2) is 5.76 Å². The molecule has 1 saturated carbocycles. The van der Waals surface area contributed by atoms with Gasteiger partial charge in [-0.25, -0.2) is 9.78 Å². The van der Waals surface area contributed by atoms with E-state index in [1.807, 2.05) is 61.5 Å². The zero-order valence-corrected chi connectivity index (χ0v) is 21.1. The van der Waals surface area contributed by atoms with Gasteiger partial charge in [0.25, 0.3) is 0 Å². The van der Waals surface area contributed by atoms with Gasteiger partial charge < -0.3 is 19.6 Å². The normalized spacial score (nSPS) is 18.7. The lowest BCUT2D eigenvalue weighted by Gasteiger charge is -2.29. The number of aryl methyl sites for hydroxylation is 1. The van der Waals surface area contributed by atoms with Crippen molar-refractivity contribution in [3.05, 3.63) is 65.9 Å². The second-order valence-corrected chi connectivity index (χ2v) is 9.89. The lowest BCUT2D eigenvalue weighted by molar-refractivity contribution is -0.144. The smallest absolute Gasteiger partial charge is 0.326 e. The van der Waals surface area contributed by atoms with Crippen molar-refractivity contribution in [3.63, 3.8) is 0 Å². The fourth-order valence-corrected chi connectivity index (χ4v) is 4.60. The van der Waals surface area contributed by atoms with E-state index >= 15 is 0 Å². The maximum absolute atomic E-state index is 12.8. The molecule has 1 amide bonds. The molecule has 0 aliphatic heterocycles. The van der Waals surface area contributed by atoms with Crippen LogP contribution in [0.25, 0.3) is 22.8 Å². The minimum Gasteiger partial charge on any atom is -0.480 e. The van der Waals surface area contributed by atoms with E-state index < -0.39 is 12.0 Å². The van der Waals surface area contributed by atoms with E-state index in [1.54, 1.807) is 13.8 Å². The molecule has 3 atom stereocenters. The summed E-state index contributed by atoms with van der Waals surface area (Å²) in [6.07, 6.45) is 2.87. The van der Waals surface area contributed by atoms with E-state index in [0.29, 0.717) is 23.8 Å². The molecule has 0 saturated heterocycles. The van der Waals surface area contributed by atoms with Crippen LogP contribution in [0, 0.1) is 18.8 Å². The SMILES string of the molecule is Cc1ccc(-c2nc(CO[C@H]3CCC[C@@H](C(=O)NC(C(=O)O)C(C)C)C3)c(-c3ccccc3)o2)cc1. The fraction of sp³-hybridized carbons (Fsp3) is 0.414. The van der Waals surface area contributed by atoms with Crippen LogP contribution in [0.2, 0.25) is 0 Å². The van der Waals surface area contributed by atoms with Crippen LogP contribution in [0.1, 0.15) is 50.8 Å². The highest BCUT2D eigenvalue weighted by Crippen LogP contribution is 2.32. The van der Waals surface area contributed by atoms with Crippen molar-refractivity contribution in [1.29, 1.82) is 0 Å². The molecule has 4 rings (SSSR count). The molecule has 2 aromatic carbocycles. The number of carbonyl (C=O) groups is 2. The van der Waals surface area contributed by atoms with Crippen LogP contribution in [0.4, 0.5) is 0 Å². The van der Waals surface area contributed by atoms with Crippen molar-refractivity contribution in [2.45, 2.75) is 65.2 Å². The van der Waals surface area contributed by atoms with Gasteiger partial charge in [-0.3, -0.25) is 4.79 Å². The number of amides is 1. The molecular formula is C29H34N2O5. The molecule has 190 valence electrons. The number of carbonyl (C=O) groups excluding carboxylic acids is 1. The molecule has 1 unspecified atom stereocenters. The zero-order chi connectivity index (χ0) is 25.7. The third-order valence-corrected chi connectivity index (χ3v) is 6.71. The molecular weight excluding hydrogens is 456 g/mol. The summed E-state index contributed by atoms with van der Waals surface area (Å²) in [5.41, 5.74) is 3.71. The van der Waals surface area contributed by atoms with Crippen molar-refractivity contribution in [2.75, 3.05) is 0 Å². The molecule has 2 N–H and O–H groups in total. The topological polar surface area (TPSA) is 102 Å². The molecule has 7 nitrogen and oxygen atoms in total. The number of hydrogen-bond donors (Lipinski definition) is 2. The zero-order valence-electron chi connectivity index (χ0n) is 21.1. The van der Waals surface area contributed by atoms with Gasteiger partial charge in [0.1, 0.15) is 11.7 Å². The van der Waals surface area contributed by atoms with Crippen LogP contribution >= 0.6 is 0 Å². The number of carboxylic acid groups (broad SMARTS) is 1. The maximum Gasteiger partial charge on any atom is 0.326 e. The fourth-order valence-electron chi connectivity index (χ4n) is 4.60. The number of nitrogens with one attached hydrogen (secondary N) is 1. The van der Waals surface area contributed by atoms with E-state index in [2.05, 4.69) is 5.32 Å². The summed E-state index contributed by atoms with van der Waals surface area (Å²) in [7, 11) is 0. The molecule has 3 aromatic rings. The second-order valence-electron chi connectivity index (χ2n) is 9.89. The van der Waals surface area contributed by atoms with Crippen LogP contribution in [0.15, 0.2) is 59.0 Å². The van der Waals surface area contributed by atoms with Gasteiger partial charge in [-0.2, -0.15) is 0 Å². The molecule has 1 aromatic heterocycles. The lowest BCUT2D eigenvalue weighted by Crippen LogP contribution is -2.47. The van der Waals surface area contributed by atoms with E-state index in [-0.39, 0.29) is 30.5 Å². The van der Waals surface area contributed by atoms with Gasteiger partial charge in [-0.1, -0.05) is 68.3 Å². The van der Waals surface area contributed by atoms with Gasteiger partial charge in [-0.15, -0.1) is 0 Å². The number of benzene rings is 2. The number of carboxylic acids is 1. The Hall–Kier alpha value is -3.45. The minimum atomic E-state index is -1.01. The summed E-state index contributed by atoms with van der Waals surface area (Å²) in [5.74, 6) is -0.450. The van der Waals surface area contributed by atoms with Crippen molar-refractivity contribution in [1.82, 2.24) is 10.3 Å². The summed E-state index contributed by atoms with van der Waals surface area (Å²) < 4.78 is 12.5. The Morgan fingerprint density at radius 2 is 1.81 bits per heavy atom. The van der Waals surface area contributed by atoms with Crippen molar-refractivity contribution in [3.8, 4) is 22.8 Å². The van der Waals surface area contributed by atoms with Crippen LogP contribution in [-0.4, -0.2) is 34.1 Å². The number of aromatic nitrogens is 1. The molecule has 1 fully saturated rings. The standard InChI is InChI=1S/C29H34N2O5/c1-18(2)25(29(33)34)31-27(32)22-10-7-11-23(16-22)35-17-24-26(20-8-5-4-6-9-20)36-28(30-24)21-14-12-19(3)13-15-21/h4-6,8-9,12-15,18,22-23,25H,7,10-11,16-17H2,1-3H3,(H,31,32)(H,33,34)/t22-,23+,25?/m1/s1. The molecule has 0 bridgehead atoms. The van der Waals surface area contributed by atoms with Crippen molar-refractivity contribution < 1.29 is 23.8 Å². The Bertz CT molecular complexity index is 1170. The first-order chi connectivity index (χ1) is 17.3. The average Bonchev–Trinajstić information content (AvgIpc) is 3.31. The van der Waals surface area contributed by atoms with Gasteiger partial charge in [0, 0.05) is 17.0 Å². The lowest BCUT2D eigenvalue weighted by atomic mass is 9.86. The molecule has 0 radical (unpaired) electrons. The van der Waals surface area contributed by atoms with Gasteiger partial charge in [0.05, 0.1) is 12.7 Å². The Morgan fingerprint density at radius 3 is 2.47 bits per heavy atom. The van der Waals surface area contributed by atoms with E-state index in [9.17, 15) is 14.7 Å². The highest BCUT2D eigenvalue weighted by atomic mass is 16.5. The summed E-state index contributed by atoms with van der Waals surface area (Å²) in [6.45, 7) is 5.89. The Kier molecular flexibility index (Phi) is 8.21. The number of ether oxygens (including phenoxy) is 1. The quantitative estimate of drug-likeness (QED) is 0.404. The largest absolute Gasteiger partial charge is 0.480 e. The number of nitrogens with zero attached hydrogens (tertiary/aromatic N) is 1. The monoisotopic (exact) mass is 490 g/mol. The van der Waals surface area contributed by atoms with Crippen LogP contribution < -0.4 is 5.32 Å². The van der Waals surface area contributed by atoms with Crippen molar-refractivity contribution >= 4 is 11.9 Å². The van der Waals surface area contributed by atoms with Gasteiger partial charge in [0.2, 0.25) is 11.8 Å². The predicted octanol–water partition coefficient (Wildman–Crippen LogP) is 5.62. The number of hydrogen-bond acceptors (Lipinski definition) is 5. The Morgan fingerprint density at radius 1 is 1.08 bits per heavy atom. The molecule has 7 heteroatoms.